The van der Waals surface area contributed by atoms with Crippen LogP contribution < -0.4 is 5.32 Å². The van der Waals surface area contributed by atoms with Gasteiger partial charge in [0.05, 0.1) is 0 Å². The highest BCUT2D eigenvalue weighted by Crippen LogP contribution is 2.23. The second-order valence-corrected chi connectivity index (χ2v) is 6.72. The summed E-state index contributed by atoms with van der Waals surface area (Å²) >= 11 is 7.05. The number of nitrogens with one attached hydrogen (secondary N) is 1. The van der Waals surface area contributed by atoms with Crippen LogP contribution in [0.4, 0.5) is 0 Å². The van der Waals surface area contributed by atoms with E-state index in [1.54, 1.807) is 0 Å². The van der Waals surface area contributed by atoms with Gasteiger partial charge in [0.1, 0.15) is 0 Å². The number of benzene rings is 2. The van der Waals surface area contributed by atoms with Gasteiger partial charge in [-0.2, -0.15) is 0 Å². The standard InChI is InChI=1S/C17H19Br2N/c1-2-20-12-15(14-6-8-16(18)9-7-14)10-13-4-3-5-17(19)11-13/h3-9,11,15,20H,2,10,12H2,1H3. The zero-order chi connectivity index (χ0) is 14.4. The fourth-order valence-electron chi connectivity index (χ4n) is 2.31. The summed E-state index contributed by atoms with van der Waals surface area (Å²) < 4.78 is 2.28. The smallest absolute Gasteiger partial charge is 0.0177 e. The van der Waals surface area contributed by atoms with E-state index in [-0.39, 0.29) is 0 Å². The minimum Gasteiger partial charge on any atom is -0.316 e. The van der Waals surface area contributed by atoms with Gasteiger partial charge in [0.25, 0.3) is 0 Å². The number of rotatable bonds is 6. The van der Waals surface area contributed by atoms with Gasteiger partial charge in [-0.05, 0) is 48.4 Å². The quantitative estimate of drug-likeness (QED) is 0.711. The molecule has 0 radical (unpaired) electrons. The first kappa shape index (κ1) is 15.7. The first-order valence-electron chi connectivity index (χ1n) is 6.89. The summed E-state index contributed by atoms with van der Waals surface area (Å²) in [6.45, 7) is 4.16. The van der Waals surface area contributed by atoms with Crippen LogP contribution in [0.3, 0.4) is 0 Å². The van der Waals surface area contributed by atoms with Crippen molar-refractivity contribution in [2.45, 2.75) is 19.3 Å². The maximum atomic E-state index is 3.55. The molecule has 3 heteroatoms. The Balaban J connectivity index is 2.16. The molecule has 2 aromatic carbocycles. The number of likely N-dealkylation sites (N-methyl/N-ethyl adjacent to an activating group) is 1. The predicted octanol–water partition coefficient (Wildman–Crippen LogP) is 5.15. The summed E-state index contributed by atoms with van der Waals surface area (Å²) in [7, 11) is 0. The van der Waals surface area contributed by atoms with Crippen molar-refractivity contribution in [1.29, 1.82) is 0 Å². The first-order valence-corrected chi connectivity index (χ1v) is 8.48. The highest BCUT2D eigenvalue weighted by atomic mass is 79.9. The SMILES string of the molecule is CCNCC(Cc1cccc(Br)c1)c1ccc(Br)cc1. The van der Waals surface area contributed by atoms with Crippen LogP contribution in [0.25, 0.3) is 0 Å². The van der Waals surface area contributed by atoms with Crippen molar-refractivity contribution in [1.82, 2.24) is 5.32 Å². The molecule has 0 amide bonds. The van der Waals surface area contributed by atoms with Gasteiger partial charge >= 0.3 is 0 Å². The maximum Gasteiger partial charge on any atom is 0.0177 e. The molecule has 0 saturated heterocycles. The molecule has 1 nitrogen and oxygen atoms in total. The second-order valence-electron chi connectivity index (χ2n) is 4.89. The fraction of sp³-hybridized carbons (Fsp3) is 0.294. The van der Waals surface area contributed by atoms with E-state index in [2.05, 4.69) is 92.6 Å². The lowest BCUT2D eigenvalue weighted by atomic mass is 9.92. The van der Waals surface area contributed by atoms with Crippen LogP contribution in [0.5, 0.6) is 0 Å². The lowest BCUT2D eigenvalue weighted by Crippen LogP contribution is -2.22. The Labute approximate surface area is 138 Å². The first-order chi connectivity index (χ1) is 9.69. The van der Waals surface area contributed by atoms with E-state index in [0.717, 1.165) is 28.5 Å². The van der Waals surface area contributed by atoms with Crippen LogP contribution in [-0.2, 0) is 6.42 Å². The van der Waals surface area contributed by atoms with Crippen LogP contribution in [0.2, 0.25) is 0 Å². The third-order valence-corrected chi connectivity index (χ3v) is 4.38. The average molecular weight is 397 g/mol. The van der Waals surface area contributed by atoms with Crippen LogP contribution in [-0.4, -0.2) is 13.1 Å². The molecule has 106 valence electrons. The van der Waals surface area contributed by atoms with Crippen LogP contribution in [0, 0.1) is 0 Å². The highest BCUT2D eigenvalue weighted by molar-refractivity contribution is 9.10. The normalized spacial score (nSPS) is 12.3. The molecule has 0 aromatic heterocycles. The fourth-order valence-corrected chi connectivity index (χ4v) is 3.02. The average Bonchev–Trinajstić information content (AvgIpc) is 2.44. The van der Waals surface area contributed by atoms with Crippen LogP contribution in [0.15, 0.2) is 57.5 Å². The molecule has 2 rings (SSSR count). The molecule has 20 heavy (non-hydrogen) atoms. The molecular weight excluding hydrogens is 378 g/mol. The monoisotopic (exact) mass is 395 g/mol. The third-order valence-electron chi connectivity index (χ3n) is 3.35. The van der Waals surface area contributed by atoms with Gasteiger partial charge in [-0.25, -0.2) is 0 Å². The zero-order valence-corrected chi connectivity index (χ0v) is 14.7. The molecule has 1 N–H and O–H groups in total. The van der Waals surface area contributed by atoms with Crippen molar-refractivity contribution < 1.29 is 0 Å². The topological polar surface area (TPSA) is 12.0 Å². The summed E-state index contributed by atoms with van der Waals surface area (Å²) in [6, 6.07) is 17.2. The van der Waals surface area contributed by atoms with Crippen molar-refractivity contribution in [3.05, 3.63) is 68.6 Å². The van der Waals surface area contributed by atoms with Gasteiger partial charge < -0.3 is 5.32 Å². The molecule has 2 aromatic rings. The van der Waals surface area contributed by atoms with Crippen molar-refractivity contribution in [3.8, 4) is 0 Å². The van der Waals surface area contributed by atoms with E-state index >= 15 is 0 Å². The van der Waals surface area contributed by atoms with Gasteiger partial charge in [-0.3, -0.25) is 0 Å². The Morgan fingerprint density at radius 1 is 1.00 bits per heavy atom. The van der Waals surface area contributed by atoms with E-state index in [1.165, 1.54) is 11.1 Å². The Hall–Kier alpha value is -0.640. The molecule has 0 fully saturated rings. The van der Waals surface area contributed by atoms with Gasteiger partial charge in [-0.1, -0.05) is 63.0 Å². The molecular formula is C17H19Br2N. The maximum absolute atomic E-state index is 3.55. The van der Waals surface area contributed by atoms with Gasteiger partial charge in [-0.15, -0.1) is 0 Å². The summed E-state index contributed by atoms with van der Waals surface area (Å²) in [5, 5.41) is 3.47. The predicted molar refractivity (Wildman–Crippen MR) is 93.3 cm³/mol. The second kappa shape index (κ2) is 7.96. The van der Waals surface area contributed by atoms with Crippen molar-refractivity contribution in [3.63, 3.8) is 0 Å². The molecule has 0 spiro atoms. The molecule has 0 aliphatic carbocycles. The number of hydrogen-bond acceptors (Lipinski definition) is 1. The minimum absolute atomic E-state index is 0.498. The van der Waals surface area contributed by atoms with Crippen molar-refractivity contribution in [2.75, 3.05) is 13.1 Å². The third kappa shape index (κ3) is 4.72. The molecule has 0 aliphatic heterocycles. The van der Waals surface area contributed by atoms with E-state index in [9.17, 15) is 0 Å². The minimum atomic E-state index is 0.498. The van der Waals surface area contributed by atoms with E-state index in [4.69, 9.17) is 0 Å². The highest BCUT2D eigenvalue weighted by Gasteiger charge is 2.12. The van der Waals surface area contributed by atoms with Crippen LogP contribution >= 0.6 is 31.9 Å². The van der Waals surface area contributed by atoms with Crippen LogP contribution in [0.1, 0.15) is 24.0 Å². The molecule has 0 bridgehead atoms. The lowest BCUT2D eigenvalue weighted by molar-refractivity contribution is 0.595. The molecule has 0 saturated carbocycles. The molecule has 0 aliphatic rings. The van der Waals surface area contributed by atoms with E-state index < -0.39 is 0 Å². The lowest BCUT2D eigenvalue weighted by Gasteiger charge is -2.18. The summed E-state index contributed by atoms with van der Waals surface area (Å²) in [6.07, 6.45) is 1.05. The van der Waals surface area contributed by atoms with Crippen molar-refractivity contribution >= 4 is 31.9 Å². The Bertz CT molecular complexity index is 537. The summed E-state index contributed by atoms with van der Waals surface area (Å²) in [5.41, 5.74) is 2.75. The van der Waals surface area contributed by atoms with E-state index in [0.29, 0.717) is 5.92 Å². The number of hydrogen-bond donors (Lipinski definition) is 1. The summed E-state index contributed by atoms with van der Waals surface area (Å²) in [5.74, 6) is 0.498. The number of halogens is 2. The van der Waals surface area contributed by atoms with E-state index in [1.807, 2.05) is 0 Å². The van der Waals surface area contributed by atoms with Gasteiger partial charge in [0.15, 0.2) is 0 Å². The largest absolute Gasteiger partial charge is 0.316 e. The summed E-state index contributed by atoms with van der Waals surface area (Å²) in [4.78, 5) is 0. The van der Waals surface area contributed by atoms with Gasteiger partial charge in [0.2, 0.25) is 0 Å². The Kier molecular flexibility index (Phi) is 6.27. The Morgan fingerprint density at radius 3 is 2.40 bits per heavy atom. The van der Waals surface area contributed by atoms with Crippen molar-refractivity contribution in [2.24, 2.45) is 0 Å². The molecule has 1 unspecified atom stereocenters. The molecule has 1 atom stereocenters. The van der Waals surface area contributed by atoms with Gasteiger partial charge in [0, 0.05) is 21.4 Å². The zero-order valence-electron chi connectivity index (χ0n) is 11.6. The Morgan fingerprint density at radius 2 is 1.75 bits per heavy atom. The molecule has 0 heterocycles.